The van der Waals surface area contributed by atoms with Gasteiger partial charge in [0.15, 0.2) is 0 Å². The minimum atomic E-state index is 0.939. The van der Waals surface area contributed by atoms with Crippen molar-refractivity contribution in [2.45, 2.75) is 39.5 Å². The lowest BCUT2D eigenvalue weighted by Crippen LogP contribution is -1.81. The molecule has 0 saturated carbocycles. The van der Waals surface area contributed by atoms with E-state index in [4.69, 9.17) is 0 Å². The lowest BCUT2D eigenvalue weighted by atomic mass is 10.3. The first kappa shape index (κ1) is 14.1. The number of rotatable bonds is 8. The van der Waals surface area contributed by atoms with Crippen molar-refractivity contribution in [3.05, 3.63) is 21.9 Å². The summed E-state index contributed by atoms with van der Waals surface area (Å²) in [6.45, 7) is 6.25. The molecule has 2 nitrogen and oxygen atoms in total. The normalized spacial score (nSPS) is 11.9. The lowest BCUT2D eigenvalue weighted by molar-refractivity contribution is 0.810. The van der Waals surface area contributed by atoms with E-state index in [0.29, 0.717) is 0 Å². The summed E-state index contributed by atoms with van der Waals surface area (Å²) >= 11 is 1.75. The highest BCUT2D eigenvalue weighted by atomic mass is 32.1. The smallest absolute Gasteiger partial charge is 0.0455 e. The molecule has 1 aromatic heterocycles. The van der Waals surface area contributed by atoms with E-state index in [-0.39, 0.29) is 0 Å². The van der Waals surface area contributed by atoms with Gasteiger partial charge in [0, 0.05) is 35.3 Å². The number of unbranched alkanes of at least 4 members (excludes halogenated alkanes) is 2. The van der Waals surface area contributed by atoms with Crippen LogP contribution in [0.4, 0.5) is 0 Å². The summed E-state index contributed by atoms with van der Waals surface area (Å²) in [5.41, 5.74) is 0. The average molecular weight is 250 g/mol. The molecule has 0 aliphatic carbocycles. The minimum Gasteiger partial charge on any atom is -0.292 e. The van der Waals surface area contributed by atoms with Crippen LogP contribution in [-0.2, 0) is 0 Å². The number of aliphatic imine (C=N–C) groups is 2. The van der Waals surface area contributed by atoms with Gasteiger partial charge in [-0.3, -0.25) is 9.98 Å². The zero-order chi connectivity index (χ0) is 12.3. The fraction of sp³-hybridized carbons (Fsp3) is 0.571. The molecule has 1 rings (SSSR count). The minimum absolute atomic E-state index is 0.939. The van der Waals surface area contributed by atoms with E-state index in [9.17, 15) is 0 Å². The van der Waals surface area contributed by atoms with Gasteiger partial charge in [-0.25, -0.2) is 0 Å². The van der Waals surface area contributed by atoms with Crippen LogP contribution < -0.4 is 0 Å². The van der Waals surface area contributed by atoms with Crippen LogP contribution >= 0.6 is 11.3 Å². The highest BCUT2D eigenvalue weighted by Gasteiger charge is 1.94. The van der Waals surface area contributed by atoms with Gasteiger partial charge in [0.1, 0.15) is 0 Å². The predicted octanol–water partition coefficient (Wildman–Crippen LogP) is 4.19. The summed E-state index contributed by atoms with van der Waals surface area (Å²) in [6, 6.07) is 4.22. The second-order valence-corrected chi connectivity index (χ2v) is 5.16. The summed E-state index contributed by atoms with van der Waals surface area (Å²) in [7, 11) is 0. The summed E-state index contributed by atoms with van der Waals surface area (Å²) in [5, 5.41) is 0. The molecule has 0 aliphatic heterocycles. The lowest BCUT2D eigenvalue weighted by Gasteiger charge is -1.89. The van der Waals surface area contributed by atoms with E-state index in [0.717, 1.165) is 13.1 Å². The molecule has 0 amide bonds. The number of nitrogens with zero attached hydrogens (tertiary/aromatic N) is 2. The first-order valence-corrected chi connectivity index (χ1v) is 7.28. The Balaban J connectivity index is 2.37. The Hall–Kier alpha value is -0.960. The van der Waals surface area contributed by atoms with Crippen molar-refractivity contribution >= 4 is 23.8 Å². The first-order valence-electron chi connectivity index (χ1n) is 6.46. The maximum atomic E-state index is 4.40. The quantitative estimate of drug-likeness (QED) is 0.488. The highest BCUT2D eigenvalue weighted by molar-refractivity contribution is 7.15. The van der Waals surface area contributed by atoms with E-state index in [2.05, 4.69) is 36.0 Å². The highest BCUT2D eigenvalue weighted by Crippen LogP contribution is 2.12. The van der Waals surface area contributed by atoms with Crippen molar-refractivity contribution in [2.24, 2.45) is 9.98 Å². The van der Waals surface area contributed by atoms with Gasteiger partial charge in [-0.1, -0.05) is 26.7 Å². The van der Waals surface area contributed by atoms with E-state index >= 15 is 0 Å². The van der Waals surface area contributed by atoms with Crippen molar-refractivity contribution in [3.8, 4) is 0 Å². The molecule has 0 bridgehead atoms. The number of hydrogen-bond acceptors (Lipinski definition) is 3. The van der Waals surface area contributed by atoms with E-state index in [1.165, 1.54) is 35.4 Å². The van der Waals surface area contributed by atoms with Crippen LogP contribution in [0.2, 0.25) is 0 Å². The predicted molar refractivity (Wildman–Crippen MR) is 79.1 cm³/mol. The molecule has 0 unspecified atom stereocenters. The molecule has 0 spiro atoms. The third-order valence-electron chi connectivity index (χ3n) is 2.37. The zero-order valence-corrected chi connectivity index (χ0v) is 11.7. The Morgan fingerprint density at radius 1 is 0.941 bits per heavy atom. The van der Waals surface area contributed by atoms with Crippen LogP contribution in [0.25, 0.3) is 0 Å². The fourth-order valence-corrected chi connectivity index (χ4v) is 2.11. The van der Waals surface area contributed by atoms with Gasteiger partial charge in [-0.15, -0.1) is 11.3 Å². The molecule has 0 radical (unpaired) electrons. The molecule has 0 aromatic carbocycles. The van der Waals surface area contributed by atoms with Gasteiger partial charge in [0.05, 0.1) is 0 Å². The Morgan fingerprint density at radius 2 is 1.41 bits per heavy atom. The Bertz CT molecular complexity index is 320. The van der Waals surface area contributed by atoms with Gasteiger partial charge in [0.2, 0.25) is 0 Å². The summed E-state index contributed by atoms with van der Waals surface area (Å²) < 4.78 is 0. The third kappa shape index (κ3) is 6.37. The first-order chi connectivity index (χ1) is 8.36. The van der Waals surface area contributed by atoms with Crippen LogP contribution in [0.1, 0.15) is 49.3 Å². The van der Waals surface area contributed by atoms with Crippen LogP contribution in [0.5, 0.6) is 0 Å². The Kier molecular flexibility index (Phi) is 7.56. The van der Waals surface area contributed by atoms with Crippen molar-refractivity contribution < 1.29 is 0 Å². The largest absolute Gasteiger partial charge is 0.292 e. The molecule has 0 fully saturated rings. The monoisotopic (exact) mass is 250 g/mol. The van der Waals surface area contributed by atoms with E-state index in [1.807, 2.05) is 12.4 Å². The Morgan fingerprint density at radius 3 is 1.82 bits per heavy atom. The van der Waals surface area contributed by atoms with Crippen molar-refractivity contribution in [1.29, 1.82) is 0 Å². The van der Waals surface area contributed by atoms with Gasteiger partial charge < -0.3 is 0 Å². The van der Waals surface area contributed by atoms with E-state index < -0.39 is 0 Å². The van der Waals surface area contributed by atoms with Crippen LogP contribution in [0.3, 0.4) is 0 Å². The van der Waals surface area contributed by atoms with Gasteiger partial charge in [-0.05, 0) is 25.0 Å². The third-order valence-corrected chi connectivity index (χ3v) is 3.32. The number of hydrogen-bond donors (Lipinski definition) is 0. The zero-order valence-electron chi connectivity index (χ0n) is 10.9. The van der Waals surface area contributed by atoms with Crippen molar-refractivity contribution in [1.82, 2.24) is 0 Å². The molecule has 94 valence electrons. The standard InChI is InChI=1S/C14H22N2S/c1-3-5-9-15-11-13-7-8-14(17-13)12-16-10-6-4-2/h7-8,11-12H,3-6,9-10H2,1-2H3. The van der Waals surface area contributed by atoms with Crippen molar-refractivity contribution in [3.63, 3.8) is 0 Å². The molecule has 0 saturated heterocycles. The topological polar surface area (TPSA) is 24.7 Å². The molecule has 0 aliphatic rings. The van der Waals surface area contributed by atoms with Crippen LogP contribution in [0, 0.1) is 0 Å². The van der Waals surface area contributed by atoms with Crippen LogP contribution in [0.15, 0.2) is 22.1 Å². The molecule has 17 heavy (non-hydrogen) atoms. The maximum Gasteiger partial charge on any atom is 0.0455 e. The van der Waals surface area contributed by atoms with Crippen LogP contribution in [-0.4, -0.2) is 25.5 Å². The summed E-state index contributed by atoms with van der Waals surface area (Å²) in [4.78, 5) is 11.2. The molecular formula is C14H22N2S. The molecule has 0 N–H and O–H groups in total. The molecule has 0 atom stereocenters. The summed E-state index contributed by atoms with van der Waals surface area (Å²) in [5.74, 6) is 0. The summed E-state index contributed by atoms with van der Waals surface area (Å²) in [6.07, 6.45) is 8.71. The van der Waals surface area contributed by atoms with Gasteiger partial charge >= 0.3 is 0 Å². The fourth-order valence-electron chi connectivity index (χ4n) is 1.32. The maximum absolute atomic E-state index is 4.40. The van der Waals surface area contributed by atoms with Gasteiger partial charge in [-0.2, -0.15) is 0 Å². The Labute approximate surface area is 109 Å². The molecule has 1 heterocycles. The average Bonchev–Trinajstić information content (AvgIpc) is 2.78. The number of thiophene rings is 1. The van der Waals surface area contributed by atoms with Crippen molar-refractivity contribution in [2.75, 3.05) is 13.1 Å². The van der Waals surface area contributed by atoms with Gasteiger partial charge in [0.25, 0.3) is 0 Å². The molecular weight excluding hydrogens is 228 g/mol. The molecule has 3 heteroatoms. The second kappa shape index (κ2) is 9.11. The second-order valence-electron chi connectivity index (χ2n) is 4.02. The molecule has 1 aromatic rings. The van der Waals surface area contributed by atoms with E-state index in [1.54, 1.807) is 11.3 Å². The SMILES string of the molecule is CCCCN=Cc1ccc(C=NCCCC)s1.